The summed E-state index contributed by atoms with van der Waals surface area (Å²) in [5.74, 6) is 0.468. The van der Waals surface area contributed by atoms with Crippen LogP contribution in [0.2, 0.25) is 5.02 Å². The predicted molar refractivity (Wildman–Crippen MR) is 81.9 cm³/mol. The highest BCUT2D eigenvalue weighted by atomic mass is 35.5. The lowest BCUT2D eigenvalue weighted by Gasteiger charge is -2.21. The molecule has 1 aromatic heterocycles. The molecule has 0 saturated carbocycles. The van der Waals surface area contributed by atoms with Gasteiger partial charge < -0.3 is 15.4 Å². The van der Waals surface area contributed by atoms with E-state index in [1.807, 2.05) is 11.4 Å². The molecule has 2 aromatic rings. The van der Waals surface area contributed by atoms with Gasteiger partial charge in [0.2, 0.25) is 0 Å². The summed E-state index contributed by atoms with van der Waals surface area (Å²) in [6, 6.07) is 5.75. The smallest absolute Gasteiger partial charge is 0.262 e. The minimum absolute atomic E-state index is 0.0359. The number of halogens is 1. The molecule has 1 amide bonds. The van der Waals surface area contributed by atoms with E-state index in [1.54, 1.807) is 17.4 Å². The highest BCUT2D eigenvalue weighted by Gasteiger charge is 2.19. The van der Waals surface area contributed by atoms with Crippen molar-refractivity contribution in [1.29, 1.82) is 0 Å². The van der Waals surface area contributed by atoms with Gasteiger partial charge in [-0.2, -0.15) is 11.3 Å². The van der Waals surface area contributed by atoms with Crippen LogP contribution in [0.25, 0.3) is 0 Å². The zero-order chi connectivity index (χ0) is 14.1. The molecule has 4 nitrogen and oxygen atoms in total. The summed E-state index contributed by atoms with van der Waals surface area (Å²) in [5, 5.41) is 10.8. The molecule has 0 spiro atoms. The quantitative estimate of drug-likeness (QED) is 0.904. The van der Waals surface area contributed by atoms with Crippen LogP contribution in [0.3, 0.4) is 0 Å². The first kappa shape index (κ1) is 13.3. The normalized spacial score (nSPS) is 15.0. The number of nitrogens with one attached hydrogen (secondary N) is 2. The Hall–Kier alpha value is -1.72. The predicted octanol–water partition coefficient (Wildman–Crippen LogP) is 3.91. The van der Waals surface area contributed by atoms with Crippen molar-refractivity contribution in [3.63, 3.8) is 0 Å². The molecule has 0 fully saturated rings. The monoisotopic (exact) mass is 308 g/mol. The topological polar surface area (TPSA) is 50.4 Å². The summed E-state index contributed by atoms with van der Waals surface area (Å²) < 4.78 is 5.40. The van der Waals surface area contributed by atoms with Crippen LogP contribution in [0, 0.1) is 0 Å². The second-order valence-electron chi connectivity index (χ2n) is 4.59. The molecule has 6 heteroatoms. The van der Waals surface area contributed by atoms with Gasteiger partial charge in [-0.05, 0) is 35.4 Å². The van der Waals surface area contributed by atoms with Crippen molar-refractivity contribution in [1.82, 2.24) is 0 Å². The van der Waals surface area contributed by atoms with Crippen molar-refractivity contribution in [3.05, 3.63) is 39.5 Å². The van der Waals surface area contributed by atoms with Crippen molar-refractivity contribution in [2.75, 3.05) is 17.2 Å². The van der Waals surface area contributed by atoms with Crippen LogP contribution in [-0.4, -0.2) is 12.5 Å². The highest BCUT2D eigenvalue weighted by Crippen LogP contribution is 2.37. The molecule has 2 heterocycles. The van der Waals surface area contributed by atoms with Gasteiger partial charge in [0, 0.05) is 12.1 Å². The van der Waals surface area contributed by atoms with E-state index in [2.05, 4.69) is 29.0 Å². The number of ether oxygens (including phenoxy) is 1. The molecule has 1 aliphatic rings. The first-order valence-electron chi connectivity index (χ1n) is 6.18. The summed E-state index contributed by atoms with van der Waals surface area (Å²) in [4.78, 5) is 11.3. The number of benzene rings is 1. The van der Waals surface area contributed by atoms with E-state index in [-0.39, 0.29) is 18.6 Å². The Morgan fingerprint density at radius 1 is 1.50 bits per heavy atom. The fourth-order valence-electron chi connectivity index (χ4n) is 2.05. The Morgan fingerprint density at radius 3 is 3.10 bits per heavy atom. The number of amides is 1. The molecule has 20 heavy (non-hydrogen) atoms. The molecule has 2 N–H and O–H groups in total. The van der Waals surface area contributed by atoms with Crippen LogP contribution < -0.4 is 15.4 Å². The van der Waals surface area contributed by atoms with Crippen LogP contribution in [-0.2, 0) is 4.79 Å². The largest absolute Gasteiger partial charge is 0.482 e. The summed E-state index contributed by atoms with van der Waals surface area (Å²) in [7, 11) is 0. The van der Waals surface area contributed by atoms with Crippen molar-refractivity contribution in [2.24, 2.45) is 0 Å². The molecule has 104 valence electrons. The fraction of sp³-hybridized carbons (Fsp3) is 0.214. The lowest BCUT2D eigenvalue weighted by Crippen LogP contribution is -2.25. The average molecular weight is 309 g/mol. The molecular formula is C14H13ClN2O2S. The Labute approximate surface area is 125 Å². The second-order valence-corrected chi connectivity index (χ2v) is 5.78. The third-order valence-corrected chi connectivity index (χ3v) is 4.13. The van der Waals surface area contributed by atoms with Gasteiger partial charge in [-0.15, -0.1) is 0 Å². The molecule has 3 rings (SSSR count). The number of hydrogen-bond acceptors (Lipinski definition) is 4. The number of carbonyl (C=O) groups excluding carboxylic acids is 1. The van der Waals surface area contributed by atoms with Gasteiger partial charge in [-0.3, -0.25) is 4.79 Å². The second kappa shape index (κ2) is 5.34. The maximum absolute atomic E-state index is 11.3. The summed E-state index contributed by atoms with van der Waals surface area (Å²) >= 11 is 7.91. The third kappa shape index (κ3) is 2.59. The Balaban J connectivity index is 1.85. The fourth-order valence-corrected chi connectivity index (χ4v) is 3.02. The number of fused-ring (bicyclic) bond motifs is 1. The Bertz CT molecular complexity index is 643. The van der Waals surface area contributed by atoms with Crippen molar-refractivity contribution in [3.8, 4) is 5.75 Å². The van der Waals surface area contributed by atoms with Crippen LogP contribution in [0.1, 0.15) is 18.5 Å². The van der Waals surface area contributed by atoms with E-state index in [0.717, 1.165) is 5.69 Å². The van der Waals surface area contributed by atoms with Crippen LogP contribution in [0.4, 0.5) is 11.4 Å². The molecule has 1 unspecified atom stereocenters. The minimum Gasteiger partial charge on any atom is -0.482 e. The van der Waals surface area contributed by atoms with Gasteiger partial charge >= 0.3 is 0 Å². The van der Waals surface area contributed by atoms with Gasteiger partial charge in [-0.1, -0.05) is 11.6 Å². The lowest BCUT2D eigenvalue weighted by atomic mass is 10.1. The maximum atomic E-state index is 11.3. The van der Waals surface area contributed by atoms with E-state index >= 15 is 0 Å². The van der Waals surface area contributed by atoms with E-state index < -0.39 is 0 Å². The first-order chi connectivity index (χ1) is 9.63. The molecule has 0 aliphatic carbocycles. The SMILES string of the molecule is CC(Nc1cc2c(cc1Cl)NC(=O)CO2)c1ccsc1. The Morgan fingerprint density at radius 2 is 2.35 bits per heavy atom. The zero-order valence-electron chi connectivity index (χ0n) is 10.8. The minimum atomic E-state index is -0.166. The molecular weight excluding hydrogens is 296 g/mol. The van der Waals surface area contributed by atoms with Gasteiger partial charge in [-0.25, -0.2) is 0 Å². The van der Waals surface area contributed by atoms with E-state index in [9.17, 15) is 4.79 Å². The van der Waals surface area contributed by atoms with E-state index in [1.165, 1.54) is 5.56 Å². The van der Waals surface area contributed by atoms with Gasteiger partial charge in [0.15, 0.2) is 6.61 Å². The summed E-state index contributed by atoms with van der Waals surface area (Å²) in [6.45, 7) is 2.11. The van der Waals surface area contributed by atoms with E-state index in [0.29, 0.717) is 16.5 Å². The summed E-state index contributed by atoms with van der Waals surface area (Å²) in [6.07, 6.45) is 0. The van der Waals surface area contributed by atoms with E-state index in [4.69, 9.17) is 16.3 Å². The van der Waals surface area contributed by atoms with Crippen LogP contribution in [0.15, 0.2) is 29.0 Å². The number of carbonyl (C=O) groups is 1. The lowest BCUT2D eigenvalue weighted by molar-refractivity contribution is -0.118. The van der Waals surface area contributed by atoms with Gasteiger partial charge in [0.05, 0.1) is 16.4 Å². The Kier molecular flexibility index (Phi) is 3.54. The molecule has 1 aromatic carbocycles. The van der Waals surface area contributed by atoms with Crippen LogP contribution >= 0.6 is 22.9 Å². The standard InChI is InChI=1S/C14H13ClN2O2S/c1-8(9-2-3-20-7-9)16-11-5-13-12(4-10(11)15)17-14(18)6-19-13/h2-5,7-8,16H,6H2,1H3,(H,17,18). The highest BCUT2D eigenvalue weighted by molar-refractivity contribution is 7.08. The zero-order valence-corrected chi connectivity index (χ0v) is 12.3. The van der Waals surface area contributed by atoms with Crippen molar-refractivity contribution >= 4 is 40.2 Å². The number of anilines is 2. The van der Waals surface area contributed by atoms with Crippen LogP contribution in [0.5, 0.6) is 5.75 Å². The molecule has 0 bridgehead atoms. The van der Waals surface area contributed by atoms with Crippen molar-refractivity contribution in [2.45, 2.75) is 13.0 Å². The first-order valence-corrected chi connectivity index (χ1v) is 7.50. The number of hydrogen-bond donors (Lipinski definition) is 2. The number of rotatable bonds is 3. The molecule has 0 radical (unpaired) electrons. The van der Waals surface area contributed by atoms with Gasteiger partial charge in [0.25, 0.3) is 5.91 Å². The molecule has 1 atom stereocenters. The summed E-state index contributed by atoms with van der Waals surface area (Å²) in [5.41, 5.74) is 2.61. The molecule has 1 aliphatic heterocycles. The van der Waals surface area contributed by atoms with Crippen molar-refractivity contribution < 1.29 is 9.53 Å². The maximum Gasteiger partial charge on any atom is 0.262 e. The third-order valence-electron chi connectivity index (χ3n) is 3.12. The van der Waals surface area contributed by atoms with Gasteiger partial charge in [0.1, 0.15) is 5.75 Å². The average Bonchev–Trinajstić information content (AvgIpc) is 2.94. The number of thiophene rings is 1. The molecule has 0 saturated heterocycles.